The second-order valence-electron chi connectivity index (χ2n) is 9.04. The van der Waals surface area contributed by atoms with Gasteiger partial charge in [-0.25, -0.2) is 22.4 Å². The number of carbonyl (C=O) groups is 3. The number of carboxylic acids is 2. The summed E-state index contributed by atoms with van der Waals surface area (Å²) >= 11 is 0. The number of rotatable bonds is 9. The van der Waals surface area contributed by atoms with Gasteiger partial charge in [-0.3, -0.25) is 14.1 Å². The lowest BCUT2D eigenvalue weighted by atomic mass is 9.89. The molecule has 0 atom stereocenters. The number of carbonyl (C=O) groups excluding carboxylic acids is 1. The van der Waals surface area contributed by atoms with E-state index in [2.05, 4.69) is 9.88 Å². The average molecular weight is 588 g/mol. The Balaban J connectivity index is 0.000000696. The van der Waals surface area contributed by atoms with Crippen molar-refractivity contribution in [2.45, 2.75) is 17.7 Å². The van der Waals surface area contributed by atoms with Gasteiger partial charge in [0.05, 0.1) is 12.8 Å². The second kappa shape index (κ2) is 14.3. The maximum absolute atomic E-state index is 13.5. The number of aliphatic carboxylic acids is 2. The van der Waals surface area contributed by atoms with E-state index >= 15 is 0 Å². The standard InChI is InChI=1S/C26H28FN3O4S.C2H2O4/c1-34-25-7-3-2-6-24(25)30(35(32,33)23-5-4-14-28-19-23)18-17-29-15-12-21(13-16-29)26(31)20-8-10-22(27)11-9-20;3-1(4)2(5)6/h2-11,14,19,21H,12-13,15-18H2,1H3;(H,3,4)(H,5,6). The van der Waals surface area contributed by atoms with Gasteiger partial charge in [-0.2, -0.15) is 0 Å². The van der Waals surface area contributed by atoms with E-state index in [0.717, 1.165) is 0 Å². The predicted octanol–water partition coefficient (Wildman–Crippen LogP) is 3.18. The first-order chi connectivity index (χ1) is 19.5. The number of likely N-dealkylation sites (tertiary alicyclic amines) is 1. The van der Waals surface area contributed by atoms with Crippen molar-refractivity contribution in [2.75, 3.05) is 37.6 Å². The van der Waals surface area contributed by atoms with Crippen molar-refractivity contribution in [1.82, 2.24) is 9.88 Å². The summed E-state index contributed by atoms with van der Waals surface area (Å²) in [5.41, 5.74) is 0.981. The van der Waals surface area contributed by atoms with Gasteiger partial charge in [-0.05, 0) is 74.5 Å². The Morgan fingerprint density at radius 3 is 2.20 bits per heavy atom. The number of pyridine rings is 1. The summed E-state index contributed by atoms with van der Waals surface area (Å²) in [5, 5.41) is 14.8. The summed E-state index contributed by atoms with van der Waals surface area (Å²) in [7, 11) is -2.36. The maximum Gasteiger partial charge on any atom is 0.414 e. The quantitative estimate of drug-likeness (QED) is 0.282. The second-order valence-corrected chi connectivity index (χ2v) is 10.9. The van der Waals surface area contributed by atoms with Gasteiger partial charge in [0.1, 0.15) is 16.5 Å². The molecule has 1 aromatic heterocycles. The predicted molar refractivity (Wildman–Crippen MR) is 147 cm³/mol. The summed E-state index contributed by atoms with van der Waals surface area (Å²) < 4.78 is 47.1. The number of hydrogen-bond donors (Lipinski definition) is 2. The van der Waals surface area contributed by atoms with E-state index in [1.807, 2.05) is 0 Å². The Kier molecular flexibility index (Phi) is 10.9. The highest BCUT2D eigenvalue weighted by molar-refractivity contribution is 7.92. The number of ether oxygens (including phenoxy) is 1. The smallest absolute Gasteiger partial charge is 0.414 e. The van der Waals surface area contributed by atoms with Crippen LogP contribution in [0.3, 0.4) is 0 Å². The van der Waals surface area contributed by atoms with Crippen molar-refractivity contribution >= 4 is 33.4 Å². The molecule has 0 amide bonds. The van der Waals surface area contributed by atoms with E-state index in [1.165, 1.54) is 54.1 Å². The first-order valence-electron chi connectivity index (χ1n) is 12.6. The molecule has 2 heterocycles. The maximum atomic E-state index is 13.5. The van der Waals surface area contributed by atoms with Crippen LogP contribution in [0.5, 0.6) is 5.75 Å². The third-order valence-corrected chi connectivity index (χ3v) is 8.26. The number of anilines is 1. The molecule has 0 bridgehead atoms. The molecule has 0 aliphatic carbocycles. The molecule has 1 aliphatic rings. The van der Waals surface area contributed by atoms with Crippen molar-refractivity contribution in [3.8, 4) is 5.75 Å². The van der Waals surface area contributed by atoms with E-state index in [9.17, 15) is 17.6 Å². The third kappa shape index (κ3) is 8.32. The van der Waals surface area contributed by atoms with Crippen molar-refractivity contribution < 1.29 is 42.1 Å². The molecule has 0 unspecified atom stereocenters. The van der Waals surface area contributed by atoms with Gasteiger partial charge in [-0.15, -0.1) is 0 Å². The number of ketones is 1. The Labute approximate surface area is 236 Å². The van der Waals surface area contributed by atoms with Gasteiger partial charge in [0.2, 0.25) is 0 Å². The Morgan fingerprint density at radius 1 is 1.00 bits per heavy atom. The monoisotopic (exact) mass is 587 g/mol. The van der Waals surface area contributed by atoms with Crippen LogP contribution in [0.4, 0.5) is 10.1 Å². The van der Waals surface area contributed by atoms with Gasteiger partial charge in [0.25, 0.3) is 10.0 Å². The summed E-state index contributed by atoms with van der Waals surface area (Å²) in [6, 6.07) is 15.8. The summed E-state index contributed by atoms with van der Waals surface area (Å²) in [6.45, 7) is 2.05. The number of Topliss-reactive ketones (excluding diaryl/α,β-unsaturated/α-hetero) is 1. The van der Waals surface area contributed by atoms with Gasteiger partial charge < -0.3 is 19.8 Å². The molecule has 41 heavy (non-hydrogen) atoms. The fourth-order valence-electron chi connectivity index (χ4n) is 4.33. The molecule has 4 rings (SSSR count). The summed E-state index contributed by atoms with van der Waals surface area (Å²) in [5.74, 6) is -3.65. The van der Waals surface area contributed by atoms with Crippen molar-refractivity contribution in [3.05, 3.63) is 84.4 Å². The number of benzene rings is 2. The number of carboxylic acid groups (broad SMARTS) is 2. The van der Waals surface area contributed by atoms with Crippen LogP contribution < -0.4 is 9.04 Å². The van der Waals surface area contributed by atoms with Gasteiger partial charge >= 0.3 is 11.9 Å². The zero-order valence-electron chi connectivity index (χ0n) is 22.2. The number of nitrogens with zero attached hydrogens (tertiary/aromatic N) is 3. The normalized spacial score (nSPS) is 13.9. The summed E-state index contributed by atoms with van der Waals surface area (Å²) in [4.78, 5) is 37.2. The minimum atomic E-state index is -3.87. The van der Waals surface area contributed by atoms with Gasteiger partial charge in [-0.1, -0.05) is 12.1 Å². The molecular formula is C28H30FN3O8S. The fraction of sp³-hybridized carbons (Fsp3) is 0.286. The van der Waals surface area contributed by atoms with E-state index in [0.29, 0.717) is 49.5 Å². The highest BCUT2D eigenvalue weighted by Crippen LogP contribution is 2.32. The van der Waals surface area contributed by atoms with Crippen LogP contribution in [-0.4, -0.2) is 79.5 Å². The average Bonchev–Trinajstić information content (AvgIpc) is 2.98. The fourth-order valence-corrected chi connectivity index (χ4v) is 5.76. The first kappa shape index (κ1) is 31.2. The van der Waals surface area contributed by atoms with Crippen LogP contribution >= 0.6 is 0 Å². The molecule has 11 nitrogen and oxygen atoms in total. The van der Waals surface area contributed by atoms with Crippen molar-refractivity contribution in [2.24, 2.45) is 5.92 Å². The topological polar surface area (TPSA) is 154 Å². The molecular weight excluding hydrogens is 557 g/mol. The van der Waals surface area contributed by atoms with Crippen molar-refractivity contribution in [3.63, 3.8) is 0 Å². The largest absolute Gasteiger partial charge is 0.495 e. The molecule has 0 spiro atoms. The molecule has 3 aromatic rings. The number of sulfonamides is 1. The highest BCUT2D eigenvalue weighted by Gasteiger charge is 2.30. The zero-order valence-corrected chi connectivity index (χ0v) is 23.0. The van der Waals surface area contributed by atoms with Crippen LogP contribution in [0.1, 0.15) is 23.2 Å². The molecule has 1 aliphatic heterocycles. The van der Waals surface area contributed by atoms with E-state index < -0.39 is 22.0 Å². The Hall–Kier alpha value is -4.36. The minimum Gasteiger partial charge on any atom is -0.495 e. The lowest BCUT2D eigenvalue weighted by Crippen LogP contribution is -2.43. The number of para-hydroxylation sites is 2. The Bertz CT molecular complexity index is 1430. The molecule has 2 N–H and O–H groups in total. The Morgan fingerprint density at radius 2 is 1.63 bits per heavy atom. The van der Waals surface area contributed by atoms with Crippen LogP contribution in [0.2, 0.25) is 0 Å². The highest BCUT2D eigenvalue weighted by atomic mass is 32.2. The van der Waals surface area contributed by atoms with Crippen molar-refractivity contribution in [1.29, 1.82) is 0 Å². The van der Waals surface area contributed by atoms with Crippen LogP contribution in [0, 0.1) is 11.7 Å². The summed E-state index contributed by atoms with van der Waals surface area (Å²) in [6.07, 6.45) is 4.20. The van der Waals surface area contributed by atoms with Crippen LogP contribution in [0.15, 0.2) is 78.0 Å². The molecule has 0 radical (unpaired) electrons. The lowest BCUT2D eigenvalue weighted by molar-refractivity contribution is -0.159. The van der Waals surface area contributed by atoms with Crippen LogP contribution in [0.25, 0.3) is 0 Å². The molecule has 2 aromatic carbocycles. The number of piperidine rings is 1. The van der Waals surface area contributed by atoms with Gasteiger partial charge in [0, 0.05) is 37.0 Å². The molecule has 1 fully saturated rings. The molecule has 218 valence electrons. The number of halogens is 1. The third-order valence-electron chi connectivity index (χ3n) is 6.47. The molecule has 0 saturated carbocycles. The lowest BCUT2D eigenvalue weighted by Gasteiger charge is -2.33. The SMILES string of the molecule is COc1ccccc1N(CCN1CCC(C(=O)c2ccc(F)cc2)CC1)S(=O)(=O)c1cccnc1.O=C(O)C(=O)O. The van der Waals surface area contributed by atoms with E-state index in [1.54, 1.807) is 30.3 Å². The van der Waals surface area contributed by atoms with E-state index in [-0.39, 0.29) is 29.0 Å². The van der Waals surface area contributed by atoms with Crippen LogP contribution in [-0.2, 0) is 19.6 Å². The zero-order chi connectivity index (χ0) is 30.0. The first-order valence-corrected chi connectivity index (χ1v) is 14.0. The molecule has 13 heteroatoms. The number of methoxy groups -OCH3 is 1. The number of aromatic nitrogens is 1. The minimum absolute atomic E-state index is 0.0273. The molecule has 1 saturated heterocycles. The van der Waals surface area contributed by atoms with E-state index in [4.69, 9.17) is 24.5 Å². The van der Waals surface area contributed by atoms with Gasteiger partial charge in [0.15, 0.2) is 5.78 Å². The number of hydrogen-bond acceptors (Lipinski definition) is 8.